The Balaban J connectivity index is 1.80. The van der Waals surface area contributed by atoms with Crippen molar-refractivity contribution in [2.45, 2.75) is 26.3 Å². The van der Waals surface area contributed by atoms with E-state index in [1.165, 1.54) is 19.1 Å². The van der Waals surface area contributed by atoms with E-state index >= 15 is 0 Å². The van der Waals surface area contributed by atoms with Gasteiger partial charge in [0.25, 0.3) is 0 Å². The predicted octanol–water partition coefficient (Wildman–Crippen LogP) is 1.87. The standard InChI is InChI=1S/C11H15NO3/c1-11(2-3-11)7-12-5-9-4-8(6-15-9)10(13)14/h4,6,12H,2-3,5,7H2,1H3,(H,13,14). The minimum atomic E-state index is -0.945. The van der Waals surface area contributed by atoms with Crippen LogP contribution in [0, 0.1) is 5.41 Å². The maximum atomic E-state index is 10.6. The first-order valence-corrected chi connectivity index (χ1v) is 5.10. The zero-order valence-corrected chi connectivity index (χ0v) is 8.75. The summed E-state index contributed by atoms with van der Waals surface area (Å²) in [7, 11) is 0. The fraction of sp³-hybridized carbons (Fsp3) is 0.545. The second-order valence-electron chi connectivity index (χ2n) is 4.52. The second kappa shape index (κ2) is 3.70. The molecule has 82 valence electrons. The highest BCUT2D eigenvalue weighted by atomic mass is 16.4. The van der Waals surface area contributed by atoms with E-state index in [1.807, 2.05) is 0 Å². The van der Waals surface area contributed by atoms with E-state index in [4.69, 9.17) is 9.52 Å². The Labute approximate surface area is 88.3 Å². The van der Waals surface area contributed by atoms with Crippen molar-refractivity contribution in [2.75, 3.05) is 6.54 Å². The highest BCUT2D eigenvalue weighted by Gasteiger charge is 2.36. The van der Waals surface area contributed by atoms with Gasteiger partial charge in [0, 0.05) is 6.54 Å². The number of rotatable bonds is 5. The summed E-state index contributed by atoms with van der Waals surface area (Å²) in [6, 6.07) is 1.56. The van der Waals surface area contributed by atoms with Crippen molar-refractivity contribution in [1.82, 2.24) is 5.32 Å². The molecule has 4 nitrogen and oxygen atoms in total. The van der Waals surface area contributed by atoms with Gasteiger partial charge in [-0.05, 0) is 24.3 Å². The number of furan rings is 1. The van der Waals surface area contributed by atoms with E-state index in [1.54, 1.807) is 6.07 Å². The van der Waals surface area contributed by atoms with Crippen molar-refractivity contribution in [2.24, 2.45) is 5.41 Å². The summed E-state index contributed by atoms with van der Waals surface area (Å²) in [4.78, 5) is 10.6. The molecule has 0 spiro atoms. The summed E-state index contributed by atoms with van der Waals surface area (Å²) >= 11 is 0. The van der Waals surface area contributed by atoms with Crippen LogP contribution in [0.3, 0.4) is 0 Å². The molecule has 0 saturated heterocycles. The van der Waals surface area contributed by atoms with Crippen LogP contribution in [0.5, 0.6) is 0 Å². The third kappa shape index (κ3) is 2.59. The highest BCUT2D eigenvalue weighted by molar-refractivity contribution is 5.87. The Hall–Kier alpha value is -1.29. The summed E-state index contributed by atoms with van der Waals surface area (Å²) in [6.07, 6.45) is 3.83. The maximum absolute atomic E-state index is 10.6. The van der Waals surface area contributed by atoms with E-state index < -0.39 is 5.97 Å². The van der Waals surface area contributed by atoms with Crippen molar-refractivity contribution in [3.8, 4) is 0 Å². The van der Waals surface area contributed by atoms with Crippen LogP contribution in [0.1, 0.15) is 35.9 Å². The Kier molecular flexibility index (Phi) is 2.52. The Morgan fingerprint density at radius 2 is 2.40 bits per heavy atom. The largest absolute Gasteiger partial charge is 0.478 e. The molecule has 4 heteroatoms. The molecule has 2 N–H and O–H groups in total. The topological polar surface area (TPSA) is 62.5 Å². The lowest BCUT2D eigenvalue weighted by molar-refractivity contribution is 0.0696. The number of carboxylic acids is 1. The fourth-order valence-electron chi connectivity index (χ4n) is 1.46. The maximum Gasteiger partial charge on any atom is 0.338 e. The van der Waals surface area contributed by atoms with Crippen molar-refractivity contribution in [3.05, 3.63) is 23.7 Å². The van der Waals surface area contributed by atoms with Gasteiger partial charge in [-0.25, -0.2) is 4.79 Å². The van der Waals surface area contributed by atoms with Crippen molar-refractivity contribution < 1.29 is 14.3 Å². The molecule has 1 saturated carbocycles. The van der Waals surface area contributed by atoms with Crippen LogP contribution >= 0.6 is 0 Å². The Morgan fingerprint density at radius 3 is 2.93 bits per heavy atom. The molecule has 2 rings (SSSR count). The number of hydrogen-bond acceptors (Lipinski definition) is 3. The second-order valence-corrected chi connectivity index (χ2v) is 4.52. The summed E-state index contributed by atoms with van der Waals surface area (Å²) < 4.78 is 5.12. The highest BCUT2D eigenvalue weighted by Crippen LogP contribution is 2.44. The van der Waals surface area contributed by atoms with Gasteiger partial charge in [-0.15, -0.1) is 0 Å². The lowest BCUT2D eigenvalue weighted by Crippen LogP contribution is -2.21. The minimum Gasteiger partial charge on any atom is -0.478 e. The van der Waals surface area contributed by atoms with Crippen LogP contribution in [-0.2, 0) is 6.54 Å². The minimum absolute atomic E-state index is 0.212. The quantitative estimate of drug-likeness (QED) is 0.777. The molecule has 0 aliphatic heterocycles. The van der Waals surface area contributed by atoms with E-state index in [-0.39, 0.29) is 5.56 Å². The van der Waals surface area contributed by atoms with Crippen LogP contribution in [-0.4, -0.2) is 17.6 Å². The first-order chi connectivity index (χ1) is 7.09. The van der Waals surface area contributed by atoms with Gasteiger partial charge in [0.1, 0.15) is 12.0 Å². The van der Waals surface area contributed by atoms with Gasteiger partial charge in [0.2, 0.25) is 0 Å². The van der Waals surface area contributed by atoms with Gasteiger partial charge < -0.3 is 14.8 Å². The third-order valence-electron chi connectivity index (χ3n) is 2.86. The molecular weight excluding hydrogens is 194 g/mol. The first-order valence-electron chi connectivity index (χ1n) is 5.10. The molecule has 1 aromatic rings. The molecule has 0 radical (unpaired) electrons. The number of aromatic carboxylic acids is 1. The zero-order valence-electron chi connectivity index (χ0n) is 8.75. The smallest absolute Gasteiger partial charge is 0.338 e. The lowest BCUT2D eigenvalue weighted by atomic mass is 10.1. The number of carboxylic acid groups (broad SMARTS) is 1. The van der Waals surface area contributed by atoms with Crippen LogP contribution in [0.4, 0.5) is 0 Å². The molecule has 15 heavy (non-hydrogen) atoms. The summed E-state index contributed by atoms with van der Waals surface area (Å²) in [6.45, 7) is 3.81. The lowest BCUT2D eigenvalue weighted by Gasteiger charge is -2.07. The van der Waals surface area contributed by atoms with Crippen LogP contribution in [0.25, 0.3) is 0 Å². The first kappa shape index (κ1) is 10.2. The monoisotopic (exact) mass is 209 g/mol. The molecule has 0 bridgehead atoms. The molecule has 1 aliphatic carbocycles. The molecule has 1 fully saturated rings. The van der Waals surface area contributed by atoms with Gasteiger partial charge in [-0.3, -0.25) is 0 Å². The van der Waals surface area contributed by atoms with Crippen LogP contribution < -0.4 is 5.32 Å². The average molecular weight is 209 g/mol. The summed E-state index contributed by atoms with van der Waals surface area (Å²) in [5.74, 6) is -0.268. The number of nitrogens with one attached hydrogen (secondary N) is 1. The van der Waals surface area contributed by atoms with Gasteiger partial charge in [0.15, 0.2) is 0 Å². The average Bonchev–Trinajstić information content (AvgIpc) is 2.74. The number of carbonyl (C=O) groups is 1. The molecule has 1 heterocycles. The van der Waals surface area contributed by atoms with Gasteiger partial charge >= 0.3 is 5.97 Å². The Bertz CT molecular complexity index is 366. The van der Waals surface area contributed by atoms with Crippen LogP contribution in [0.2, 0.25) is 0 Å². The van der Waals surface area contributed by atoms with E-state index in [0.29, 0.717) is 17.7 Å². The van der Waals surface area contributed by atoms with Gasteiger partial charge in [-0.2, -0.15) is 0 Å². The molecule has 0 amide bonds. The Morgan fingerprint density at radius 1 is 1.67 bits per heavy atom. The summed E-state index contributed by atoms with van der Waals surface area (Å²) in [5, 5.41) is 12.0. The molecule has 1 aromatic heterocycles. The molecular formula is C11H15NO3. The molecule has 1 aliphatic rings. The molecule has 0 aromatic carbocycles. The fourth-order valence-corrected chi connectivity index (χ4v) is 1.46. The van der Waals surface area contributed by atoms with Crippen molar-refractivity contribution in [3.63, 3.8) is 0 Å². The normalized spacial score (nSPS) is 17.7. The predicted molar refractivity (Wildman–Crippen MR) is 54.7 cm³/mol. The van der Waals surface area contributed by atoms with E-state index in [2.05, 4.69) is 12.2 Å². The molecule has 0 unspecified atom stereocenters. The summed E-state index contributed by atoms with van der Waals surface area (Å²) in [5.41, 5.74) is 0.673. The van der Waals surface area contributed by atoms with Gasteiger partial charge in [0.05, 0.1) is 12.1 Å². The van der Waals surface area contributed by atoms with E-state index in [9.17, 15) is 4.79 Å². The third-order valence-corrected chi connectivity index (χ3v) is 2.86. The van der Waals surface area contributed by atoms with Crippen LogP contribution in [0.15, 0.2) is 16.7 Å². The molecule has 0 atom stereocenters. The van der Waals surface area contributed by atoms with E-state index in [0.717, 1.165) is 6.54 Å². The zero-order chi connectivity index (χ0) is 10.9. The van der Waals surface area contributed by atoms with Crippen molar-refractivity contribution in [1.29, 1.82) is 0 Å². The van der Waals surface area contributed by atoms with Gasteiger partial charge in [-0.1, -0.05) is 6.92 Å². The number of hydrogen-bond donors (Lipinski definition) is 2. The SMILES string of the molecule is CC1(CNCc2cc(C(=O)O)co2)CC1. The van der Waals surface area contributed by atoms with Crippen molar-refractivity contribution >= 4 is 5.97 Å².